The van der Waals surface area contributed by atoms with Crippen LogP contribution in [0.2, 0.25) is 0 Å². The first-order valence-electron chi connectivity index (χ1n) is 6.33. The number of amides is 1. The molecule has 0 spiro atoms. The van der Waals surface area contributed by atoms with Gasteiger partial charge in [-0.3, -0.25) is 4.79 Å². The third-order valence-electron chi connectivity index (χ3n) is 4.05. The molecule has 1 aromatic rings. The largest absolute Gasteiger partial charge is 0.367 e. The number of aliphatic hydroxyl groups is 1. The summed E-state index contributed by atoms with van der Waals surface area (Å²) in [5.74, 6) is -0.212. The standard InChI is InChI=1S/C14H17NO3/c1-9(10-5-3-2-4-6-10)15-7-11-8-18-14(17)12(11)13(15)16/h2-6,9,11-12,14,17H,7-8H2,1H3/t9-,11?,12?,14?/m1/s1. The first-order valence-corrected chi connectivity index (χ1v) is 6.33. The molecule has 2 heterocycles. The predicted molar refractivity (Wildman–Crippen MR) is 65.5 cm³/mol. The monoisotopic (exact) mass is 247 g/mol. The molecule has 2 aliphatic heterocycles. The van der Waals surface area contributed by atoms with Crippen molar-refractivity contribution in [2.24, 2.45) is 11.8 Å². The van der Waals surface area contributed by atoms with Crippen LogP contribution in [0.1, 0.15) is 18.5 Å². The second-order valence-corrected chi connectivity index (χ2v) is 5.09. The van der Waals surface area contributed by atoms with Gasteiger partial charge in [-0.1, -0.05) is 30.3 Å². The highest BCUT2D eigenvalue weighted by Crippen LogP contribution is 2.38. The maximum atomic E-state index is 12.3. The third kappa shape index (κ3) is 1.72. The first-order chi connectivity index (χ1) is 8.68. The molecule has 0 saturated carbocycles. The number of aliphatic hydroxyl groups excluding tert-OH is 1. The first kappa shape index (κ1) is 11.7. The summed E-state index contributed by atoms with van der Waals surface area (Å²) < 4.78 is 5.13. The SMILES string of the molecule is C[C@H](c1ccccc1)N1CC2COC(O)C2C1=O. The number of rotatable bonds is 2. The highest BCUT2D eigenvalue weighted by Gasteiger charge is 2.50. The number of nitrogens with zero attached hydrogens (tertiary/aromatic N) is 1. The third-order valence-corrected chi connectivity index (χ3v) is 4.05. The molecule has 2 aliphatic rings. The van der Waals surface area contributed by atoms with E-state index < -0.39 is 6.29 Å². The molecule has 3 rings (SSSR count). The van der Waals surface area contributed by atoms with Crippen molar-refractivity contribution in [2.45, 2.75) is 19.3 Å². The highest BCUT2D eigenvalue weighted by atomic mass is 16.6. The molecular weight excluding hydrogens is 230 g/mol. The summed E-state index contributed by atoms with van der Waals surface area (Å²) in [5.41, 5.74) is 1.13. The van der Waals surface area contributed by atoms with E-state index in [0.717, 1.165) is 5.56 Å². The van der Waals surface area contributed by atoms with Gasteiger partial charge in [0, 0.05) is 12.5 Å². The molecule has 0 aromatic heterocycles. The van der Waals surface area contributed by atoms with Gasteiger partial charge in [-0.15, -0.1) is 0 Å². The Balaban J connectivity index is 1.81. The minimum absolute atomic E-state index is 0.0151. The van der Waals surface area contributed by atoms with E-state index in [4.69, 9.17) is 4.74 Å². The Bertz CT molecular complexity index is 448. The summed E-state index contributed by atoms with van der Waals surface area (Å²) >= 11 is 0. The van der Waals surface area contributed by atoms with Crippen LogP contribution in [0.4, 0.5) is 0 Å². The van der Waals surface area contributed by atoms with Gasteiger partial charge in [0.25, 0.3) is 0 Å². The summed E-state index contributed by atoms with van der Waals surface area (Å²) in [5, 5.41) is 9.67. The summed E-state index contributed by atoms with van der Waals surface area (Å²) in [6, 6.07) is 10.0. The zero-order chi connectivity index (χ0) is 12.7. The fraction of sp³-hybridized carbons (Fsp3) is 0.500. The van der Waals surface area contributed by atoms with Crippen molar-refractivity contribution >= 4 is 5.91 Å². The van der Waals surface area contributed by atoms with Crippen LogP contribution in [-0.2, 0) is 9.53 Å². The molecule has 18 heavy (non-hydrogen) atoms. The number of carbonyl (C=O) groups excluding carboxylic acids is 1. The topological polar surface area (TPSA) is 49.8 Å². The van der Waals surface area contributed by atoms with Crippen molar-refractivity contribution in [3.63, 3.8) is 0 Å². The molecule has 1 amide bonds. The molecule has 1 aromatic carbocycles. The summed E-state index contributed by atoms with van der Waals surface area (Å²) in [7, 11) is 0. The van der Waals surface area contributed by atoms with E-state index in [9.17, 15) is 9.90 Å². The van der Waals surface area contributed by atoms with E-state index in [1.54, 1.807) is 0 Å². The van der Waals surface area contributed by atoms with Gasteiger partial charge in [-0.05, 0) is 12.5 Å². The Morgan fingerprint density at radius 2 is 2.11 bits per heavy atom. The minimum atomic E-state index is -0.921. The molecule has 0 radical (unpaired) electrons. The van der Waals surface area contributed by atoms with Crippen molar-refractivity contribution in [3.8, 4) is 0 Å². The fourth-order valence-corrected chi connectivity index (χ4v) is 2.95. The van der Waals surface area contributed by atoms with E-state index in [-0.39, 0.29) is 23.8 Å². The van der Waals surface area contributed by atoms with E-state index >= 15 is 0 Å². The Morgan fingerprint density at radius 1 is 1.39 bits per heavy atom. The molecule has 1 N–H and O–H groups in total. The van der Waals surface area contributed by atoms with E-state index in [1.807, 2.05) is 42.2 Å². The van der Waals surface area contributed by atoms with Gasteiger partial charge in [0.05, 0.1) is 18.6 Å². The van der Waals surface area contributed by atoms with Crippen LogP contribution in [-0.4, -0.2) is 35.4 Å². The van der Waals surface area contributed by atoms with Crippen LogP contribution in [0.5, 0.6) is 0 Å². The Hall–Kier alpha value is -1.39. The van der Waals surface area contributed by atoms with Crippen molar-refractivity contribution in [2.75, 3.05) is 13.2 Å². The maximum absolute atomic E-state index is 12.3. The number of ether oxygens (including phenoxy) is 1. The summed E-state index contributed by atoms with van der Waals surface area (Å²) in [6.45, 7) is 3.19. The molecule has 4 nitrogen and oxygen atoms in total. The van der Waals surface area contributed by atoms with Crippen molar-refractivity contribution in [1.29, 1.82) is 0 Å². The average molecular weight is 247 g/mol. The lowest BCUT2D eigenvalue weighted by Gasteiger charge is -2.26. The second kappa shape index (κ2) is 4.37. The number of hydrogen-bond acceptors (Lipinski definition) is 3. The van der Waals surface area contributed by atoms with Crippen LogP contribution in [0.25, 0.3) is 0 Å². The molecule has 4 atom stereocenters. The molecule has 4 heteroatoms. The lowest BCUT2D eigenvalue weighted by Crippen LogP contribution is -2.34. The Labute approximate surface area is 106 Å². The van der Waals surface area contributed by atoms with Crippen LogP contribution >= 0.6 is 0 Å². The quantitative estimate of drug-likeness (QED) is 0.853. The minimum Gasteiger partial charge on any atom is -0.367 e. The number of benzene rings is 1. The van der Waals surface area contributed by atoms with Gasteiger partial charge in [-0.25, -0.2) is 0 Å². The van der Waals surface area contributed by atoms with Crippen LogP contribution in [0.15, 0.2) is 30.3 Å². The number of hydrogen-bond donors (Lipinski definition) is 1. The van der Waals surface area contributed by atoms with Crippen LogP contribution < -0.4 is 0 Å². The molecule has 0 bridgehead atoms. The van der Waals surface area contributed by atoms with Gasteiger partial charge in [0.1, 0.15) is 0 Å². The van der Waals surface area contributed by atoms with E-state index in [1.165, 1.54) is 0 Å². The normalized spacial score (nSPS) is 32.7. The molecule has 96 valence electrons. The van der Waals surface area contributed by atoms with Gasteiger partial charge < -0.3 is 14.7 Å². The zero-order valence-corrected chi connectivity index (χ0v) is 10.3. The number of fused-ring (bicyclic) bond motifs is 1. The van der Waals surface area contributed by atoms with Crippen LogP contribution in [0, 0.1) is 11.8 Å². The second-order valence-electron chi connectivity index (χ2n) is 5.09. The van der Waals surface area contributed by atoms with E-state index in [0.29, 0.717) is 13.2 Å². The Kier molecular flexibility index (Phi) is 2.84. The zero-order valence-electron chi connectivity index (χ0n) is 10.3. The molecular formula is C14H17NO3. The maximum Gasteiger partial charge on any atom is 0.231 e. The summed E-state index contributed by atoms with van der Waals surface area (Å²) in [4.78, 5) is 14.2. The smallest absolute Gasteiger partial charge is 0.231 e. The number of carbonyl (C=O) groups is 1. The molecule has 0 aliphatic carbocycles. The molecule has 2 fully saturated rings. The van der Waals surface area contributed by atoms with Crippen molar-refractivity contribution < 1.29 is 14.6 Å². The lowest BCUT2D eigenvalue weighted by molar-refractivity contribution is -0.145. The number of likely N-dealkylation sites (tertiary alicyclic amines) is 1. The van der Waals surface area contributed by atoms with Gasteiger partial charge in [-0.2, -0.15) is 0 Å². The Morgan fingerprint density at radius 3 is 2.78 bits per heavy atom. The van der Waals surface area contributed by atoms with Gasteiger partial charge in [0.15, 0.2) is 6.29 Å². The van der Waals surface area contributed by atoms with Crippen LogP contribution in [0.3, 0.4) is 0 Å². The van der Waals surface area contributed by atoms with Crippen molar-refractivity contribution in [1.82, 2.24) is 4.90 Å². The van der Waals surface area contributed by atoms with E-state index in [2.05, 4.69) is 0 Å². The molecule has 3 unspecified atom stereocenters. The highest BCUT2D eigenvalue weighted by molar-refractivity contribution is 5.82. The predicted octanol–water partition coefficient (Wildman–Crippen LogP) is 1.17. The molecule has 2 saturated heterocycles. The van der Waals surface area contributed by atoms with Crippen molar-refractivity contribution in [3.05, 3.63) is 35.9 Å². The summed E-state index contributed by atoms with van der Waals surface area (Å²) in [6.07, 6.45) is -0.921. The lowest BCUT2D eigenvalue weighted by atomic mass is 9.99. The fourth-order valence-electron chi connectivity index (χ4n) is 2.95. The average Bonchev–Trinajstić information content (AvgIpc) is 2.92. The van der Waals surface area contributed by atoms with Gasteiger partial charge >= 0.3 is 0 Å². The van der Waals surface area contributed by atoms with Gasteiger partial charge in [0.2, 0.25) is 5.91 Å².